The van der Waals surface area contributed by atoms with Gasteiger partial charge >= 0.3 is 11.9 Å². The molecule has 3 N–H and O–H groups in total. The summed E-state index contributed by atoms with van der Waals surface area (Å²) in [5.41, 5.74) is -0.469. The monoisotopic (exact) mass is 710 g/mol. The first-order chi connectivity index (χ1) is 21.5. The second-order valence-corrected chi connectivity index (χ2v) is 14.8. The van der Waals surface area contributed by atoms with Gasteiger partial charge in [-0.3, -0.25) is 9.59 Å². The van der Waals surface area contributed by atoms with Crippen molar-refractivity contribution in [1.29, 1.82) is 0 Å². The Kier molecular flexibility index (Phi) is 13.1. The van der Waals surface area contributed by atoms with E-state index in [1.807, 2.05) is 27.7 Å². The number of aliphatic hydroxyl groups excluding tert-OH is 1. The number of carboxylic acid groups (broad SMARTS) is 1. The van der Waals surface area contributed by atoms with Crippen molar-refractivity contribution in [2.75, 3.05) is 0 Å². The number of hydrogen-bond donors (Lipinski definition) is 3. The van der Waals surface area contributed by atoms with E-state index in [0.29, 0.717) is 54.1 Å². The lowest BCUT2D eigenvalue weighted by Crippen LogP contribution is -2.55. The molecule has 10 heteroatoms. The van der Waals surface area contributed by atoms with Crippen molar-refractivity contribution in [3.05, 3.63) is 27.2 Å². The van der Waals surface area contributed by atoms with Crippen LogP contribution in [0.4, 0.5) is 0 Å². The van der Waals surface area contributed by atoms with E-state index in [4.69, 9.17) is 14.2 Å². The van der Waals surface area contributed by atoms with E-state index in [1.54, 1.807) is 19.9 Å². The Hall–Kier alpha value is -1.85. The van der Waals surface area contributed by atoms with E-state index in [9.17, 15) is 29.7 Å². The Morgan fingerprint density at radius 1 is 1.15 bits per heavy atom. The average molecular weight is 712 g/mol. The lowest BCUT2D eigenvalue weighted by molar-refractivity contribution is -0.229. The number of carbonyl (C=O) groups is 3. The lowest BCUT2D eigenvalue weighted by atomic mass is 9.76. The zero-order valence-corrected chi connectivity index (χ0v) is 30.6. The van der Waals surface area contributed by atoms with Crippen LogP contribution >= 0.6 is 15.9 Å². The average Bonchev–Trinajstić information content (AvgIpc) is 3.34. The number of ketones is 1. The van der Waals surface area contributed by atoms with Crippen LogP contribution in [0.5, 0.6) is 5.75 Å². The predicted octanol–water partition coefficient (Wildman–Crippen LogP) is 6.82. The summed E-state index contributed by atoms with van der Waals surface area (Å²) >= 11 is 3.48. The largest absolute Gasteiger partial charge is 0.478 e. The van der Waals surface area contributed by atoms with Gasteiger partial charge in [-0.05, 0) is 94.2 Å². The van der Waals surface area contributed by atoms with Crippen LogP contribution in [-0.2, 0) is 25.5 Å². The molecule has 2 aliphatic rings. The number of esters is 1. The summed E-state index contributed by atoms with van der Waals surface area (Å²) in [5.74, 6) is -3.11. The number of aromatic carboxylic acids is 1. The highest BCUT2D eigenvalue weighted by Gasteiger charge is 2.55. The minimum atomic E-state index is -1.21. The van der Waals surface area contributed by atoms with Crippen molar-refractivity contribution >= 4 is 33.7 Å². The molecule has 0 amide bonds. The van der Waals surface area contributed by atoms with Crippen LogP contribution < -0.4 is 4.74 Å². The number of Topliss-reactive ketones (excluding diaryl/α,β-unsaturated/α-hetero) is 1. The summed E-state index contributed by atoms with van der Waals surface area (Å²) < 4.78 is 19.1. The number of rotatable bonds is 14. The van der Waals surface area contributed by atoms with E-state index < -0.39 is 41.1 Å². The van der Waals surface area contributed by atoms with Gasteiger partial charge in [0.15, 0.2) is 0 Å². The van der Waals surface area contributed by atoms with Crippen LogP contribution in [0.25, 0.3) is 0 Å². The van der Waals surface area contributed by atoms with E-state index in [-0.39, 0.29) is 47.2 Å². The fourth-order valence-electron chi connectivity index (χ4n) is 7.79. The summed E-state index contributed by atoms with van der Waals surface area (Å²) in [6.45, 7) is 16.6. The Labute approximate surface area is 282 Å². The summed E-state index contributed by atoms with van der Waals surface area (Å²) in [4.78, 5) is 38.0. The van der Waals surface area contributed by atoms with Gasteiger partial charge in [0, 0.05) is 23.2 Å². The van der Waals surface area contributed by atoms with Crippen molar-refractivity contribution in [3.63, 3.8) is 0 Å². The van der Waals surface area contributed by atoms with Crippen LogP contribution in [0.1, 0.15) is 122 Å². The molecule has 260 valence electrons. The molecule has 0 spiro atoms. The number of carbonyl (C=O) groups excluding carboxylic acids is 2. The van der Waals surface area contributed by atoms with E-state index in [0.717, 1.165) is 12.8 Å². The van der Waals surface area contributed by atoms with Gasteiger partial charge in [-0.15, -0.1) is 0 Å². The van der Waals surface area contributed by atoms with Gasteiger partial charge in [0.25, 0.3) is 0 Å². The van der Waals surface area contributed by atoms with Gasteiger partial charge in [-0.25, -0.2) is 4.79 Å². The zero-order valence-electron chi connectivity index (χ0n) is 29.0. The minimum absolute atomic E-state index is 0.0173. The molecular weight excluding hydrogens is 656 g/mol. The standard InChI is InChI=1S/C36H55BrO9/c1-10-25(32-21(6)18-36(12-3,46-32)28-15-16-35(43,11-2)23(8)44-28)31(40)22(7)30(39)19(4)13-14-26-27(37)17-20(5)33(45-24(9)38)29(26)34(41)42/h17,19,21-23,25,28,30,32,39,43H,10-16,18H2,1-9H3,(H,41,42). The van der Waals surface area contributed by atoms with Gasteiger partial charge in [0.2, 0.25) is 0 Å². The quantitative estimate of drug-likeness (QED) is 0.140. The molecule has 2 saturated heterocycles. The third-order valence-electron chi connectivity index (χ3n) is 10.9. The van der Waals surface area contributed by atoms with Crippen molar-refractivity contribution in [1.82, 2.24) is 0 Å². The van der Waals surface area contributed by atoms with Crippen molar-refractivity contribution in [2.45, 2.75) is 149 Å². The molecule has 0 bridgehead atoms. The summed E-state index contributed by atoms with van der Waals surface area (Å²) in [6, 6.07) is 1.72. The molecule has 9 nitrogen and oxygen atoms in total. The zero-order chi connectivity index (χ0) is 34.7. The van der Waals surface area contributed by atoms with Crippen LogP contribution in [-0.4, -0.2) is 68.7 Å². The smallest absolute Gasteiger partial charge is 0.339 e. The summed E-state index contributed by atoms with van der Waals surface area (Å²) in [7, 11) is 0. The number of halogens is 1. The molecular formula is C36H55BrO9. The lowest BCUT2D eigenvalue weighted by Gasteiger charge is -2.47. The normalized spacial score (nSPS) is 30.8. The molecule has 10 unspecified atom stereocenters. The van der Waals surface area contributed by atoms with E-state index in [1.165, 1.54) is 6.92 Å². The maximum absolute atomic E-state index is 14.0. The van der Waals surface area contributed by atoms with E-state index >= 15 is 0 Å². The highest BCUT2D eigenvalue weighted by atomic mass is 79.9. The summed E-state index contributed by atoms with van der Waals surface area (Å²) in [6.07, 6.45) is 3.02. The number of benzene rings is 1. The molecule has 0 aromatic heterocycles. The SMILES string of the molecule is CCC(C(=O)C(C)C(O)C(C)CCc1c(Br)cc(C)c(OC(C)=O)c1C(=O)O)C1OC(CC)(C2CCC(O)(CC)C(C)O2)CC1C. The molecule has 1 aromatic carbocycles. The minimum Gasteiger partial charge on any atom is -0.478 e. The maximum atomic E-state index is 14.0. The van der Waals surface area contributed by atoms with E-state index in [2.05, 4.69) is 29.8 Å². The molecule has 10 atom stereocenters. The number of ether oxygens (including phenoxy) is 3. The highest BCUT2D eigenvalue weighted by Crippen LogP contribution is 2.48. The summed E-state index contributed by atoms with van der Waals surface area (Å²) in [5, 5.41) is 32.4. The molecule has 2 fully saturated rings. The molecule has 0 radical (unpaired) electrons. The van der Waals surface area contributed by atoms with Crippen molar-refractivity contribution in [3.8, 4) is 5.75 Å². The number of aryl methyl sites for hydroxylation is 1. The number of aliphatic hydroxyl groups is 2. The molecule has 2 heterocycles. The molecule has 0 aliphatic carbocycles. The molecule has 1 aromatic rings. The van der Waals surface area contributed by atoms with Gasteiger partial charge in [0.05, 0.1) is 35.6 Å². The van der Waals surface area contributed by atoms with Gasteiger partial charge < -0.3 is 29.5 Å². The van der Waals surface area contributed by atoms with Crippen molar-refractivity contribution < 1.29 is 43.9 Å². The second-order valence-electron chi connectivity index (χ2n) is 13.9. The van der Waals surface area contributed by atoms with Gasteiger partial charge in [0.1, 0.15) is 17.1 Å². The van der Waals surface area contributed by atoms with Crippen molar-refractivity contribution in [2.24, 2.45) is 23.7 Å². The molecule has 0 saturated carbocycles. The predicted molar refractivity (Wildman–Crippen MR) is 179 cm³/mol. The first-order valence-corrected chi connectivity index (χ1v) is 17.8. The number of carboxylic acids is 1. The Morgan fingerprint density at radius 3 is 2.33 bits per heavy atom. The Balaban J connectivity index is 1.74. The van der Waals surface area contributed by atoms with Gasteiger partial charge in [-0.1, -0.05) is 57.5 Å². The molecule has 46 heavy (non-hydrogen) atoms. The molecule has 2 aliphatic heterocycles. The van der Waals surface area contributed by atoms with Crippen LogP contribution in [0, 0.1) is 30.6 Å². The van der Waals surface area contributed by atoms with Gasteiger partial charge in [-0.2, -0.15) is 0 Å². The maximum Gasteiger partial charge on any atom is 0.339 e. The highest BCUT2D eigenvalue weighted by molar-refractivity contribution is 9.10. The molecule has 3 rings (SSSR count). The Bertz CT molecular complexity index is 1270. The third kappa shape index (κ3) is 7.88. The topological polar surface area (TPSA) is 140 Å². The fourth-order valence-corrected chi connectivity index (χ4v) is 8.53. The number of hydrogen-bond acceptors (Lipinski definition) is 8. The van der Waals surface area contributed by atoms with Crippen LogP contribution in [0.2, 0.25) is 0 Å². The second kappa shape index (κ2) is 15.6. The van der Waals surface area contributed by atoms with Crippen LogP contribution in [0.3, 0.4) is 0 Å². The first kappa shape index (κ1) is 38.6. The Morgan fingerprint density at radius 2 is 1.80 bits per heavy atom. The fraction of sp³-hybridized carbons (Fsp3) is 0.750. The first-order valence-electron chi connectivity index (χ1n) is 17.0. The third-order valence-corrected chi connectivity index (χ3v) is 11.6. The van der Waals surface area contributed by atoms with Crippen LogP contribution in [0.15, 0.2) is 10.5 Å².